The number of nitrogens with one attached hydrogen (secondary N) is 1. The molecule has 0 fully saturated rings. The van der Waals surface area contributed by atoms with E-state index in [0.717, 1.165) is 5.69 Å². The summed E-state index contributed by atoms with van der Waals surface area (Å²) in [5.74, 6) is -0.216. The van der Waals surface area contributed by atoms with Gasteiger partial charge in [0.2, 0.25) is 5.91 Å². The summed E-state index contributed by atoms with van der Waals surface area (Å²) in [5, 5.41) is 2.97. The minimum atomic E-state index is -0.234. The first-order valence-corrected chi connectivity index (χ1v) is 5.28. The van der Waals surface area contributed by atoms with Crippen LogP contribution in [0.3, 0.4) is 0 Å². The van der Waals surface area contributed by atoms with Crippen molar-refractivity contribution >= 4 is 11.6 Å². The van der Waals surface area contributed by atoms with Gasteiger partial charge < -0.3 is 10.2 Å². The van der Waals surface area contributed by atoms with Crippen molar-refractivity contribution in [3.63, 3.8) is 0 Å². The highest BCUT2D eigenvalue weighted by atomic mass is 19.1. The average molecular weight is 224 g/mol. The summed E-state index contributed by atoms with van der Waals surface area (Å²) in [6.45, 7) is 4.53. The number of aryl methyl sites for hydroxylation is 1. The molecule has 1 rings (SSSR count). The summed E-state index contributed by atoms with van der Waals surface area (Å²) in [4.78, 5) is 13.1. The number of hydrogen-bond acceptors (Lipinski definition) is 2. The van der Waals surface area contributed by atoms with E-state index in [-0.39, 0.29) is 18.3 Å². The minimum absolute atomic E-state index is 0.0180. The van der Waals surface area contributed by atoms with Crippen molar-refractivity contribution in [1.82, 2.24) is 4.90 Å². The summed E-state index contributed by atoms with van der Waals surface area (Å²) in [5.41, 5.74) is 1.33. The lowest BCUT2D eigenvalue weighted by Gasteiger charge is -2.15. The van der Waals surface area contributed by atoms with E-state index in [1.54, 1.807) is 31.0 Å². The molecule has 0 aliphatic carbocycles. The molecule has 0 aliphatic heterocycles. The Morgan fingerprint density at radius 1 is 1.50 bits per heavy atom. The van der Waals surface area contributed by atoms with E-state index in [1.807, 2.05) is 6.92 Å². The Kier molecular flexibility index (Phi) is 4.28. The van der Waals surface area contributed by atoms with Gasteiger partial charge in [-0.1, -0.05) is 0 Å². The molecule has 0 saturated heterocycles. The van der Waals surface area contributed by atoms with E-state index in [0.29, 0.717) is 12.1 Å². The molecular weight excluding hydrogens is 207 g/mol. The summed E-state index contributed by atoms with van der Waals surface area (Å²) in [7, 11) is 1.75. The SMILES string of the molecule is CCN(C)C(=O)CNc1ccc(F)c(C)c1. The van der Waals surface area contributed by atoms with Crippen molar-refractivity contribution in [3.8, 4) is 0 Å². The van der Waals surface area contributed by atoms with Crippen molar-refractivity contribution in [2.24, 2.45) is 0 Å². The zero-order valence-corrected chi connectivity index (χ0v) is 9.88. The number of halogens is 1. The first-order valence-electron chi connectivity index (χ1n) is 5.28. The van der Waals surface area contributed by atoms with Crippen molar-refractivity contribution < 1.29 is 9.18 Å². The van der Waals surface area contributed by atoms with Gasteiger partial charge in [0, 0.05) is 19.3 Å². The van der Waals surface area contributed by atoms with Crippen LogP contribution in [0.4, 0.5) is 10.1 Å². The summed E-state index contributed by atoms with van der Waals surface area (Å²) < 4.78 is 13.0. The number of carbonyl (C=O) groups is 1. The maximum Gasteiger partial charge on any atom is 0.241 e. The fourth-order valence-electron chi connectivity index (χ4n) is 1.24. The number of anilines is 1. The number of carbonyl (C=O) groups excluding carboxylic acids is 1. The third-order valence-electron chi connectivity index (χ3n) is 2.50. The van der Waals surface area contributed by atoms with Gasteiger partial charge in [-0.25, -0.2) is 4.39 Å². The molecule has 88 valence electrons. The molecule has 3 nitrogen and oxygen atoms in total. The van der Waals surface area contributed by atoms with Gasteiger partial charge in [0.1, 0.15) is 5.82 Å². The molecular formula is C12H17FN2O. The second-order valence-corrected chi connectivity index (χ2v) is 3.73. The van der Waals surface area contributed by atoms with Gasteiger partial charge in [0.25, 0.3) is 0 Å². The maximum atomic E-state index is 13.0. The predicted molar refractivity (Wildman–Crippen MR) is 62.9 cm³/mol. The minimum Gasteiger partial charge on any atom is -0.376 e. The Hall–Kier alpha value is -1.58. The molecule has 0 saturated carbocycles. The number of benzene rings is 1. The van der Waals surface area contributed by atoms with Gasteiger partial charge in [-0.3, -0.25) is 4.79 Å². The fourth-order valence-corrected chi connectivity index (χ4v) is 1.24. The molecule has 0 unspecified atom stereocenters. The fraction of sp³-hybridized carbons (Fsp3) is 0.417. The first-order chi connectivity index (χ1) is 7.54. The second kappa shape index (κ2) is 5.49. The Labute approximate surface area is 95.3 Å². The van der Waals surface area contributed by atoms with Crippen LogP contribution < -0.4 is 5.32 Å². The number of nitrogens with zero attached hydrogens (tertiary/aromatic N) is 1. The molecule has 0 heterocycles. The van der Waals surface area contributed by atoms with Crippen molar-refractivity contribution in [2.75, 3.05) is 25.5 Å². The van der Waals surface area contributed by atoms with Crippen LogP contribution in [0.25, 0.3) is 0 Å². The van der Waals surface area contributed by atoms with Crippen LogP contribution >= 0.6 is 0 Å². The Bertz CT molecular complexity index is 379. The van der Waals surface area contributed by atoms with Gasteiger partial charge in [0.05, 0.1) is 6.54 Å². The van der Waals surface area contributed by atoms with Crippen LogP contribution in [0.5, 0.6) is 0 Å². The van der Waals surface area contributed by atoms with E-state index in [1.165, 1.54) is 6.07 Å². The molecule has 16 heavy (non-hydrogen) atoms. The topological polar surface area (TPSA) is 32.3 Å². The van der Waals surface area contributed by atoms with Crippen LogP contribution in [0.15, 0.2) is 18.2 Å². The standard InChI is InChI=1S/C12H17FN2O/c1-4-15(3)12(16)8-14-10-5-6-11(13)9(2)7-10/h5-7,14H,4,8H2,1-3H3. The Morgan fingerprint density at radius 2 is 2.19 bits per heavy atom. The lowest BCUT2D eigenvalue weighted by molar-refractivity contribution is -0.127. The predicted octanol–water partition coefficient (Wildman–Crippen LogP) is 2.02. The van der Waals surface area contributed by atoms with E-state index in [9.17, 15) is 9.18 Å². The largest absolute Gasteiger partial charge is 0.376 e. The average Bonchev–Trinajstić information content (AvgIpc) is 2.29. The van der Waals surface area contributed by atoms with Crippen LogP contribution in [0, 0.1) is 12.7 Å². The normalized spacial score (nSPS) is 10.0. The summed E-state index contributed by atoms with van der Waals surface area (Å²) in [6, 6.07) is 4.71. The number of amides is 1. The van der Waals surface area contributed by atoms with E-state index >= 15 is 0 Å². The molecule has 4 heteroatoms. The lowest BCUT2D eigenvalue weighted by Crippen LogP contribution is -2.31. The first kappa shape index (κ1) is 12.5. The highest BCUT2D eigenvalue weighted by molar-refractivity contribution is 5.80. The van der Waals surface area contributed by atoms with Gasteiger partial charge in [-0.2, -0.15) is 0 Å². The zero-order valence-electron chi connectivity index (χ0n) is 9.88. The highest BCUT2D eigenvalue weighted by Crippen LogP contribution is 2.13. The number of rotatable bonds is 4. The van der Waals surface area contributed by atoms with Crippen molar-refractivity contribution in [2.45, 2.75) is 13.8 Å². The maximum absolute atomic E-state index is 13.0. The molecule has 1 aromatic rings. The third-order valence-corrected chi connectivity index (χ3v) is 2.50. The second-order valence-electron chi connectivity index (χ2n) is 3.73. The third kappa shape index (κ3) is 3.22. The molecule has 0 aliphatic rings. The molecule has 0 radical (unpaired) electrons. The van der Waals surface area contributed by atoms with E-state index in [4.69, 9.17) is 0 Å². The number of likely N-dealkylation sites (N-methyl/N-ethyl adjacent to an activating group) is 1. The summed E-state index contributed by atoms with van der Waals surface area (Å²) >= 11 is 0. The Balaban J connectivity index is 2.55. The molecule has 1 N–H and O–H groups in total. The molecule has 1 aromatic carbocycles. The van der Waals surface area contributed by atoms with Gasteiger partial charge in [-0.15, -0.1) is 0 Å². The van der Waals surface area contributed by atoms with Gasteiger partial charge >= 0.3 is 0 Å². The van der Waals surface area contributed by atoms with Crippen LogP contribution in [-0.2, 0) is 4.79 Å². The van der Waals surface area contributed by atoms with E-state index < -0.39 is 0 Å². The quantitative estimate of drug-likeness (QED) is 0.848. The molecule has 0 spiro atoms. The molecule has 1 amide bonds. The monoisotopic (exact) mass is 224 g/mol. The summed E-state index contributed by atoms with van der Waals surface area (Å²) in [6.07, 6.45) is 0. The van der Waals surface area contributed by atoms with Gasteiger partial charge in [-0.05, 0) is 37.6 Å². The molecule has 0 bridgehead atoms. The zero-order chi connectivity index (χ0) is 12.1. The van der Waals surface area contributed by atoms with Gasteiger partial charge in [0.15, 0.2) is 0 Å². The van der Waals surface area contributed by atoms with Crippen molar-refractivity contribution in [1.29, 1.82) is 0 Å². The molecule has 0 aromatic heterocycles. The lowest BCUT2D eigenvalue weighted by atomic mass is 10.2. The van der Waals surface area contributed by atoms with E-state index in [2.05, 4.69) is 5.32 Å². The Morgan fingerprint density at radius 3 is 2.75 bits per heavy atom. The van der Waals surface area contributed by atoms with Crippen LogP contribution in [0.1, 0.15) is 12.5 Å². The van der Waals surface area contributed by atoms with Crippen molar-refractivity contribution in [3.05, 3.63) is 29.6 Å². The smallest absolute Gasteiger partial charge is 0.241 e. The van der Waals surface area contributed by atoms with Crippen LogP contribution in [0.2, 0.25) is 0 Å². The highest BCUT2D eigenvalue weighted by Gasteiger charge is 2.06. The number of hydrogen-bond donors (Lipinski definition) is 1. The molecule has 0 atom stereocenters. The van der Waals surface area contributed by atoms with Crippen LogP contribution in [-0.4, -0.2) is 30.9 Å².